The van der Waals surface area contributed by atoms with Gasteiger partial charge < -0.3 is 10.1 Å². The molecule has 1 saturated carbocycles. The molecule has 1 aliphatic rings. The molecule has 1 aliphatic carbocycles. The summed E-state index contributed by atoms with van der Waals surface area (Å²) in [7, 11) is 0. The maximum Gasteiger partial charge on any atom is 0.232 e. The van der Waals surface area contributed by atoms with E-state index in [0.29, 0.717) is 11.9 Å². The van der Waals surface area contributed by atoms with Gasteiger partial charge in [-0.3, -0.25) is 9.78 Å². The van der Waals surface area contributed by atoms with Crippen LogP contribution in [-0.2, 0) is 4.79 Å². The normalized spacial score (nSPS) is 24.1. The van der Waals surface area contributed by atoms with Crippen molar-refractivity contribution in [3.05, 3.63) is 18.6 Å². The first kappa shape index (κ1) is 11.8. The van der Waals surface area contributed by atoms with E-state index in [1.54, 1.807) is 25.5 Å². The lowest BCUT2D eigenvalue weighted by Gasteiger charge is -2.28. The second-order valence-corrected chi connectivity index (χ2v) is 4.34. The van der Waals surface area contributed by atoms with Gasteiger partial charge in [0.05, 0.1) is 6.20 Å². The molecule has 1 heterocycles. The monoisotopic (exact) mass is 235 g/mol. The first-order valence-electron chi connectivity index (χ1n) is 5.94. The molecule has 1 aromatic rings. The molecular formula is C12H17N3O2. The largest absolute Gasteiger partial charge is 0.473 e. The number of ether oxygens (including phenoxy) is 1. The highest BCUT2D eigenvalue weighted by molar-refractivity contribution is 5.73. The summed E-state index contributed by atoms with van der Waals surface area (Å²) < 4.78 is 5.72. The molecule has 92 valence electrons. The number of nitrogens with zero attached hydrogens (tertiary/aromatic N) is 2. The standard InChI is InChI=1S/C12H17N3O2/c1-9(16)15-10-2-4-11(5-3-10)17-12-8-13-6-7-14-12/h6-8,10-11H,2-5H2,1H3,(H,15,16). The Hall–Kier alpha value is -1.65. The number of nitrogens with one attached hydrogen (secondary N) is 1. The van der Waals surface area contributed by atoms with Gasteiger partial charge in [-0.2, -0.15) is 0 Å². The summed E-state index contributed by atoms with van der Waals surface area (Å²) in [5.74, 6) is 0.624. The van der Waals surface area contributed by atoms with Gasteiger partial charge in [-0.1, -0.05) is 0 Å². The smallest absolute Gasteiger partial charge is 0.232 e. The quantitative estimate of drug-likeness (QED) is 0.857. The Morgan fingerprint density at radius 2 is 2.12 bits per heavy atom. The number of aromatic nitrogens is 2. The second-order valence-electron chi connectivity index (χ2n) is 4.34. The summed E-state index contributed by atoms with van der Waals surface area (Å²) in [5, 5.41) is 2.94. The molecule has 1 amide bonds. The van der Waals surface area contributed by atoms with Crippen molar-refractivity contribution in [2.75, 3.05) is 0 Å². The van der Waals surface area contributed by atoms with Gasteiger partial charge in [0, 0.05) is 25.4 Å². The Morgan fingerprint density at radius 1 is 1.35 bits per heavy atom. The molecule has 1 aromatic heterocycles. The van der Waals surface area contributed by atoms with Gasteiger partial charge in [0.1, 0.15) is 6.10 Å². The minimum atomic E-state index is 0.0447. The maximum atomic E-state index is 10.9. The van der Waals surface area contributed by atoms with Crippen LogP contribution in [0.4, 0.5) is 0 Å². The molecule has 2 rings (SSSR count). The van der Waals surface area contributed by atoms with Crippen LogP contribution in [0.2, 0.25) is 0 Å². The molecular weight excluding hydrogens is 218 g/mol. The Morgan fingerprint density at radius 3 is 2.71 bits per heavy atom. The average Bonchev–Trinajstić information content (AvgIpc) is 2.32. The van der Waals surface area contributed by atoms with Gasteiger partial charge in [-0.25, -0.2) is 4.98 Å². The Bertz CT molecular complexity index is 361. The van der Waals surface area contributed by atoms with Crippen molar-refractivity contribution in [1.29, 1.82) is 0 Å². The van der Waals surface area contributed by atoms with Crippen molar-refractivity contribution in [3.8, 4) is 5.88 Å². The predicted octanol–water partition coefficient (Wildman–Crippen LogP) is 1.30. The highest BCUT2D eigenvalue weighted by Gasteiger charge is 2.22. The second kappa shape index (κ2) is 5.61. The summed E-state index contributed by atoms with van der Waals surface area (Å²) in [6, 6.07) is 0.300. The Kier molecular flexibility index (Phi) is 3.90. The SMILES string of the molecule is CC(=O)NC1CCC(Oc2cnccn2)CC1. The summed E-state index contributed by atoms with van der Waals surface area (Å²) in [5.41, 5.74) is 0. The van der Waals surface area contributed by atoms with Crippen LogP contribution in [0.25, 0.3) is 0 Å². The minimum absolute atomic E-state index is 0.0447. The van der Waals surface area contributed by atoms with Crippen LogP contribution in [0.1, 0.15) is 32.6 Å². The van der Waals surface area contributed by atoms with Crippen LogP contribution in [-0.4, -0.2) is 28.0 Å². The van der Waals surface area contributed by atoms with Gasteiger partial charge in [-0.05, 0) is 25.7 Å². The minimum Gasteiger partial charge on any atom is -0.473 e. The molecule has 0 atom stereocenters. The van der Waals surface area contributed by atoms with Gasteiger partial charge in [0.15, 0.2) is 0 Å². The average molecular weight is 235 g/mol. The van der Waals surface area contributed by atoms with Gasteiger partial charge in [-0.15, -0.1) is 0 Å². The molecule has 1 N–H and O–H groups in total. The van der Waals surface area contributed by atoms with E-state index in [0.717, 1.165) is 25.7 Å². The third-order valence-corrected chi connectivity index (χ3v) is 2.91. The topological polar surface area (TPSA) is 64.1 Å². The fourth-order valence-electron chi connectivity index (χ4n) is 2.13. The Labute approximate surface area is 101 Å². The van der Waals surface area contributed by atoms with Crippen molar-refractivity contribution < 1.29 is 9.53 Å². The van der Waals surface area contributed by atoms with E-state index in [-0.39, 0.29) is 12.0 Å². The fraction of sp³-hybridized carbons (Fsp3) is 0.583. The molecule has 0 radical (unpaired) electrons. The number of carbonyl (C=O) groups is 1. The molecule has 0 aliphatic heterocycles. The Balaban J connectivity index is 1.78. The van der Waals surface area contributed by atoms with E-state index < -0.39 is 0 Å². The highest BCUT2D eigenvalue weighted by atomic mass is 16.5. The van der Waals surface area contributed by atoms with E-state index >= 15 is 0 Å². The first-order chi connectivity index (χ1) is 8.24. The van der Waals surface area contributed by atoms with E-state index in [9.17, 15) is 4.79 Å². The number of rotatable bonds is 3. The fourth-order valence-corrected chi connectivity index (χ4v) is 2.13. The van der Waals surface area contributed by atoms with E-state index in [1.807, 2.05) is 0 Å². The van der Waals surface area contributed by atoms with Gasteiger partial charge in [0.25, 0.3) is 0 Å². The third kappa shape index (κ3) is 3.69. The van der Waals surface area contributed by atoms with Crippen molar-refractivity contribution in [2.24, 2.45) is 0 Å². The molecule has 0 spiro atoms. The number of carbonyl (C=O) groups excluding carboxylic acids is 1. The molecule has 1 fully saturated rings. The lowest BCUT2D eigenvalue weighted by molar-refractivity contribution is -0.120. The molecule has 5 heteroatoms. The molecule has 0 aromatic carbocycles. The molecule has 0 unspecified atom stereocenters. The van der Waals surface area contributed by atoms with Crippen LogP contribution in [0.15, 0.2) is 18.6 Å². The maximum absolute atomic E-state index is 10.9. The zero-order valence-electron chi connectivity index (χ0n) is 9.93. The lowest BCUT2D eigenvalue weighted by Crippen LogP contribution is -2.38. The predicted molar refractivity (Wildman–Crippen MR) is 62.5 cm³/mol. The lowest BCUT2D eigenvalue weighted by atomic mass is 9.93. The van der Waals surface area contributed by atoms with E-state index in [4.69, 9.17) is 4.74 Å². The number of hydrogen-bond acceptors (Lipinski definition) is 4. The molecule has 17 heavy (non-hydrogen) atoms. The summed E-state index contributed by atoms with van der Waals surface area (Å²) in [6.45, 7) is 1.56. The van der Waals surface area contributed by atoms with Gasteiger partial charge in [0.2, 0.25) is 11.8 Å². The third-order valence-electron chi connectivity index (χ3n) is 2.91. The molecule has 0 bridgehead atoms. The summed E-state index contributed by atoms with van der Waals surface area (Å²) >= 11 is 0. The van der Waals surface area contributed by atoms with Gasteiger partial charge >= 0.3 is 0 Å². The van der Waals surface area contributed by atoms with Crippen molar-refractivity contribution >= 4 is 5.91 Å². The molecule has 5 nitrogen and oxygen atoms in total. The first-order valence-corrected chi connectivity index (χ1v) is 5.94. The van der Waals surface area contributed by atoms with E-state index in [2.05, 4.69) is 15.3 Å². The van der Waals surface area contributed by atoms with Crippen LogP contribution in [0, 0.1) is 0 Å². The summed E-state index contributed by atoms with van der Waals surface area (Å²) in [6.07, 6.45) is 8.88. The zero-order chi connectivity index (χ0) is 12.1. The number of amides is 1. The zero-order valence-corrected chi connectivity index (χ0v) is 9.93. The summed E-state index contributed by atoms with van der Waals surface area (Å²) in [4.78, 5) is 19.0. The van der Waals surface area contributed by atoms with Crippen LogP contribution < -0.4 is 10.1 Å². The van der Waals surface area contributed by atoms with Crippen molar-refractivity contribution in [2.45, 2.75) is 44.8 Å². The van der Waals surface area contributed by atoms with Crippen LogP contribution >= 0.6 is 0 Å². The molecule has 0 saturated heterocycles. The van der Waals surface area contributed by atoms with Crippen LogP contribution in [0.3, 0.4) is 0 Å². The van der Waals surface area contributed by atoms with E-state index in [1.165, 1.54) is 0 Å². The highest BCUT2D eigenvalue weighted by Crippen LogP contribution is 2.22. The van der Waals surface area contributed by atoms with Crippen molar-refractivity contribution in [3.63, 3.8) is 0 Å². The van der Waals surface area contributed by atoms with Crippen molar-refractivity contribution in [1.82, 2.24) is 15.3 Å². The van der Waals surface area contributed by atoms with Crippen LogP contribution in [0.5, 0.6) is 5.88 Å². The number of hydrogen-bond donors (Lipinski definition) is 1.